The maximum atomic E-state index is 11.7. The zero-order valence-corrected chi connectivity index (χ0v) is 10.3. The fourth-order valence-corrected chi connectivity index (χ4v) is 2.34. The number of amides is 3. The summed E-state index contributed by atoms with van der Waals surface area (Å²) in [7, 11) is 0. The van der Waals surface area contributed by atoms with Crippen molar-refractivity contribution in [2.45, 2.75) is 25.3 Å². The summed E-state index contributed by atoms with van der Waals surface area (Å²) in [5.41, 5.74) is 5.57. The van der Waals surface area contributed by atoms with E-state index in [0.29, 0.717) is 23.7 Å². The largest absolute Gasteiger partial charge is 0.369 e. The molecule has 1 aliphatic heterocycles. The van der Waals surface area contributed by atoms with Crippen LogP contribution in [0.2, 0.25) is 0 Å². The van der Waals surface area contributed by atoms with E-state index in [2.05, 4.69) is 15.6 Å². The molecule has 1 atom stereocenters. The van der Waals surface area contributed by atoms with Crippen LogP contribution in [0.4, 0.5) is 5.13 Å². The van der Waals surface area contributed by atoms with Crippen molar-refractivity contribution in [3.05, 3.63) is 11.1 Å². The van der Waals surface area contributed by atoms with Gasteiger partial charge in [0.05, 0.1) is 12.1 Å². The summed E-state index contributed by atoms with van der Waals surface area (Å²) in [5, 5.41) is 7.23. The number of thiazole rings is 1. The average molecular weight is 268 g/mol. The number of carbonyl (C=O) groups is 3. The Morgan fingerprint density at radius 1 is 1.61 bits per heavy atom. The van der Waals surface area contributed by atoms with E-state index >= 15 is 0 Å². The first-order valence-corrected chi connectivity index (χ1v) is 6.25. The van der Waals surface area contributed by atoms with E-state index in [0.717, 1.165) is 0 Å². The number of primary amides is 1. The molecule has 2 rings (SSSR count). The van der Waals surface area contributed by atoms with Crippen molar-refractivity contribution in [3.63, 3.8) is 0 Å². The molecular weight excluding hydrogens is 256 g/mol. The Hall–Kier alpha value is -1.96. The molecule has 7 nitrogen and oxygen atoms in total. The summed E-state index contributed by atoms with van der Waals surface area (Å²) < 4.78 is 0. The highest BCUT2D eigenvalue weighted by Crippen LogP contribution is 2.17. The molecule has 0 spiro atoms. The minimum absolute atomic E-state index is 0.0481. The molecule has 1 aromatic heterocycles. The fraction of sp³-hybridized carbons (Fsp3) is 0.400. The number of hydrogen-bond donors (Lipinski definition) is 3. The van der Waals surface area contributed by atoms with Gasteiger partial charge in [-0.3, -0.25) is 14.4 Å². The predicted molar refractivity (Wildman–Crippen MR) is 64.8 cm³/mol. The van der Waals surface area contributed by atoms with Crippen LogP contribution in [-0.2, 0) is 20.8 Å². The Morgan fingerprint density at radius 2 is 2.39 bits per heavy atom. The van der Waals surface area contributed by atoms with Crippen LogP contribution in [-0.4, -0.2) is 28.7 Å². The smallest absolute Gasteiger partial charge is 0.248 e. The average Bonchev–Trinajstić information content (AvgIpc) is 2.87. The molecule has 0 saturated carbocycles. The maximum absolute atomic E-state index is 11.7. The number of rotatable bonds is 4. The highest BCUT2D eigenvalue weighted by molar-refractivity contribution is 7.13. The second kappa shape index (κ2) is 5.13. The van der Waals surface area contributed by atoms with E-state index in [1.165, 1.54) is 11.3 Å². The molecule has 1 aromatic rings. The molecule has 2 heterocycles. The molecule has 8 heteroatoms. The van der Waals surface area contributed by atoms with Crippen LogP contribution in [0.3, 0.4) is 0 Å². The van der Waals surface area contributed by atoms with Crippen molar-refractivity contribution in [1.29, 1.82) is 0 Å². The molecule has 0 aromatic carbocycles. The monoisotopic (exact) mass is 268 g/mol. The van der Waals surface area contributed by atoms with Crippen LogP contribution in [0.5, 0.6) is 0 Å². The summed E-state index contributed by atoms with van der Waals surface area (Å²) in [6.07, 6.45) is 0.902. The van der Waals surface area contributed by atoms with Gasteiger partial charge in [-0.15, -0.1) is 11.3 Å². The molecule has 0 aliphatic carbocycles. The van der Waals surface area contributed by atoms with E-state index in [4.69, 9.17) is 5.73 Å². The fourth-order valence-electron chi connectivity index (χ4n) is 1.63. The lowest BCUT2D eigenvalue weighted by molar-refractivity contribution is -0.122. The summed E-state index contributed by atoms with van der Waals surface area (Å²) in [6, 6.07) is -0.499. The van der Waals surface area contributed by atoms with Gasteiger partial charge in [-0.1, -0.05) is 0 Å². The molecule has 1 saturated heterocycles. The molecular formula is C10H12N4O3S. The van der Waals surface area contributed by atoms with E-state index in [9.17, 15) is 14.4 Å². The van der Waals surface area contributed by atoms with Crippen LogP contribution in [0.15, 0.2) is 5.38 Å². The van der Waals surface area contributed by atoms with Gasteiger partial charge in [-0.25, -0.2) is 4.98 Å². The SMILES string of the molecule is NC(=O)Cc1csc(NC(=O)C2CCC(=O)N2)n1. The molecule has 3 amide bonds. The topological polar surface area (TPSA) is 114 Å². The molecule has 0 radical (unpaired) electrons. The highest BCUT2D eigenvalue weighted by atomic mass is 32.1. The normalized spacial score (nSPS) is 18.4. The zero-order chi connectivity index (χ0) is 13.1. The predicted octanol–water partition coefficient (Wildman–Crippen LogP) is -0.612. The number of nitrogens with one attached hydrogen (secondary N) is 2. The van der Waals surface area contributed by atoms with Crippen molar-refractivity contribution in [2.24, 2.45) is 5.73 Å². The maximum Gasteiger partial charge on any atom is 0.248 e. The Morgan fingerprint density at radius 3 is 3.00 bits per heavy atom. The third kappa shape index (κ3) is 3.04. The molecule has 4 N–H and O–H groups in total. The lowest BCUT2D eigenvalue weighted by atomic mass is 10.2. The van der Waals surface area contributed by atoms with Crippen molar-refractivity contribution in [1.82, 2.24) is 10.3 Å². The lowest BCUT2D eigenvalue weighted by Crippen LogP contribution is -2.37. The van der Waals surface area contributed by atoms with Gasteiger partial charge in [0.1, 0.15) is 6.04 Å². The van der Waals surface area contributed by atoms with Gasteiger partial charge in [0.2, 0.25) is 17.7 Å². The Labute approximate surface area is 107 Å². The third-order valence-electron chi connectivity index (χ3n) is 2.45. The van der Waals surface area contributed by atoms with Crippen molar-refractivity contribution >= 4 is 34.2 Å². The van der Waals surface area contributed by atoms with E-state index < -0.39 is 11.9 Å². The number of hydrogen-bond acceptors (Lipinski definition) is 5. The van der Waals surface area contributed by atoms with Crippen LogP contribution >= 0.6 is 11.3 Å². The van der Waals surface area contributed by atoms with Gasteiger partial charge in [0.25, 0.3) is 0 Å². The van der Waals surface area contributed by atoms with Gasteiger partial charge in [-0.2, -0.15) is 0 Å². The minimum Gasteiger partial charge on any atom is -0.369 e. The second-order valence-electron chi connectivity index (χ2n) is 3.94. The van der Waals surface area contributed by atoms with Gasteiger partial charge >= 0.3 is 0 Å². The van der Waals surface area contributed by atoms with Crippen LogP contribution < -0.4 is 16.4 Å². The number of anilines is 1. The van der Waals surface area contributed by atoms with Gasteiger partial charge in [0, 0.05) is 11.8 Å². The van der Waals surface area contributed by atoms with Crippen molar-refractivity contribution < 1.29 is 14.4 Å². The van der Waals surface area contributed by atoms with Crippen molar-refractivity contribution in [2.75, 3.05) is 5.32 Å². The quantitative estimate of drug-likeness (QED) is 0.675. The minimum atomic E-state index is -0.499. The molecule has 1 aliphatic rings. The third-order valence-corrected chi connectivity index (χ3v) is 3.26. The molecule has 18 heavy (non-hydrogen) atoms. The van der Waals surface area contributed by atoms with E-state index in [1.807, 2.05) is 0 Å². The number of nitrogens with zero attached hydrogens (tertiary/aromatic N) is 1. The van der Waals surface area contributed by atoms with E-state index in [1.54, 1.807) is 5.38 Å². The number of aromatic nitrogens is 1. The van der Waals surface area contributed by atoms with Crippen LogP contribution in [0.25, 0.3) is 0 Å². The number of nitrogens with two attached hydrogens (primary N) is 1. The van der Waals surface area contributed by atoms with Crippen LogP contribution in [0.1, 0.15) is 18.5 Å². The molecule has 1 fully saturated rings. The Kier molecular flexibility index (Phi) is 3.56. The summed E-state index contributed by atoms with van der Waals surface area (Å²) in [5.74, 6) is -0.884. The molecule has 96 valence electrons. The second-order valence-corrected chi connectivity index (χ2v) is 4.79. The summed E-state index contributed by atoms with van der Waals surface area (Å²) >= 11 is 1.22. The van der Waals surface area contributed by atoms with Gasteiger partial charge in [-0.05, 0) is 6.42 Å². The molecule has 1 unspecified atom stereocenters. The standard InChI is InChI=1S/C10H12N4O3S/c11-7(15)3-5-4-18-10(12-5)14-9(17)6-1-2-8(16)13-6/h4,6H,1-3H2,(H2,11,15)(H,13,16)(H,12,14,17). The Bertz CT molecular complexity index is 499. The van der Waals surface area contributed by atoms with Crippen molar-refractivity contribution in [3.8, 4) is 0 Å². The van der Waals surface area contributed by atoms with Gasteiger partial charge < -0.3 is 16.4 Å². The molecule has 0 bridgehead atoms. The lowest BCUT2D eigenvalue weighted by Gasteiger charge is -2.08. The summed E-state index contributed by atoms with van der Waals surface area (Å²) in [6.45, 7) is 0. The Balaban J connectivity index is 1.93. The first-order chi connectivity index (χ1) is 8.54. The van der Waals surface area contributed by atoms with Gasteiger partial charge in [0.15, 0.2) is 5.13 Å². The zero-order valence-electron chi connectivity index (χ0n) is 9.43. The first-order valence-electron chi connectivity index (χ1n) is 5.37. The highest BCUT2D eigenvalue weighted by Gasteiger charge is 2.27. The first kappa shape index (κ1) is 12.5. The van der Waals surface area contributed by atoms with Crippen LogP contribution in [0, 0.1) is 0 Å². The van der Waals surface area contributed by atoms with E-state index in [-0.39, 0.29) is 18.2 Å². The summed E-state index contributed by atoms with van der Waals surface area (Å²) in [4.78, 5) is 37.5. The number of carbonyl (C=O) groups excluding carboxylic acids is 3.